The largest absolute Gasteiger partial charge is 0.506 e. The van der Waals surface area contributed by atoms with E-state index < -0.39 is 29.4 Å². The van der Waals surface area contributed by atoms with Crippen LogP contribution in [0.2, 0.25) is 5.02 Å². The number of aromatic hydroxyl groups is 1. The van der Waals surface area contributed by atoms with Crippen LogP contribution in [0.5, 0.6) is 5.75 Å². The zero-order chi connectivity index (χ0) is 20.4. The highest BCUT2D eigenvalue weighted by Crippen LogP contribution is 2.37. The zero-order valence-corrected chi connectivity index (χ0v) is 17.1. The fourth-order valence-electron chi connectivity index (χ4n) is 2.37. The molecular weight excluding hydrogens is 475 g/mol. The van der Waals surface area contributed by atoms with Gasteiger partial charge in [-0.25, -0.2) is 4.39 Å². The summed E-state index contributed by atoms with van der Waals surface area (Å²) in [6.07, 6.45) is 1.31. The van der Waals surface area contributed by atoms with Crippen molar-refractivity contribution in [1.82, 2.24) is 4.90 Å². The van der Waals surface area contributed by atoms with Gasteiger partial charge < -0.3 is 10.4 Å². The number of phenols is 1. The predicted molar refractivity (Wildman–Crippen MR) is 109 cm³/mol. The Labute approximate surface area is 176 Å². The highest BCUT2D eigenvalue weighted by atomic mass is 79.9. The van der Waals surface area contributed by atoms with E-state index in [1.165, 1.54) is 42.5 Å². The van der Waals surface area contributed by atoms with Crippen LogP contribution in [0.15, 0.2) is 45.8 Å². The van der Waals surface area contributed by atoms with Gasteiger partial charge in [-0.2, -0.15) is 0 Å². The molecule has 1 aliphatic rings. The first kappa shape index (κ1) is 20.4. The van der Waals surface area contributed by atoms with Crippen LogP contribution in [0.4, 0.5) is 14.9 Å². The molecule has 2 aromatic rings. The molecule has 0 radical (unpaired) electrons. The molecule has 144 valence electrons. The van der Waals surface area contributed by atoms with E-state index in [4.69, 9.17) is 11.6 Å². The number of carbonyl (C=O) groups is 3. The Kier molecular flexibility index (Phi) is 6.07. The van der Waals surface area contributed by atoms with Gasteiger partial charge in [0.1, 0.15) is 18.1 Å². The molecule has 0 aliphatic carbocycles. The van der Waals surface area contributed by atoms with Crippen LogP contribution in [0.25, 0.3) is 6.08 Å². The minimum atomic E-state index is -0.720. The van der Waals surface area contributed by atoms with Gasteiger partial charge in [0.05, 0.1) is 15.1 Å². The molecule has 1 fully saturated rings. The Morgan fingerprint density at radius 3 is 2.75 bits per heavy atom. The number of rotatable bonds is 4. The monoisotopic (exact) mass is 484 g/mol. The fraction of sp³-hybridized carbons (Fsp3) is 0.0556. The van der Waals surface area contributed by atoms with Gasteiger partial charge in [0.25, 0.3) is 11.1 Å². The number of amides is 3. The van der Waals surface area contributed by atoms with E-state index in [-0.39, 0.29) is 21.9 Å². The predicted octanol–water partition coefficient (Wildman–Crippen LogP) is 4.62. The molecule has 28 heavy (non-hydrogen) atoms. The van der Waals surface area contributed by atoms with Crippen LogP contribution >= 0.6 is 39.3 Å². The molecule has 0 unspecified atom stereocenters. The smallest absolute Gasteiger partial charge is 0.294 e. The first-order chi connectivity index (χ1) is 13.3. The number of benzene rings is 2. The number of nitrogens with zero attached hydrogens (tertiary/aromatic N) is 1. The second-order valence-corrected chi connectivity index (χ2v) is 7.91. The first-order valence-electron chi connectivity index (χ1n) is 7.74. The van der Waals surface area contributed by atoms with E-state index in [0.29, 0.717) is 21.3 Å². The summed E-state index contributed by atoms with van der Waals surface area (Å²) in [5.41, 5.74) is 0.185. The van der Waals surface area contributed by atoms with Crippen LogP contribution < -0.4 is 5.32 Å². The highest BCUT2D eigenvalue weighted by molar-refractivity contribution is 9.10. The van der Waals surface area contributed by atoms with Crippen molar-refractivity contribution in [3.8, 4) is 5.75 Å². The number of carbonyl (C=O) groups excluding carboxylic acids is 3. The van der Waals surface area contributed by atoms with Crippen LogP contribution in [-0.2, 0) is 9.59 Å². The summed E-state index contributed by atoms with van der Waals surface area (Å²) in [5, 5.41) is 12.0. The van der Waals surface area contributed by atoms with Crippen molar-refractivity contribution < 1.29 is 23.9 Å². The SMILES string of the molecule is O=C(CN1C(=O)S/C(=C/c2cc(Cl)cc(Br)c2O)C1=O)Nc1ccccc1F. The topological polar surface area (TPSA) is 86.7 Å². The number of thioether (sulfide) groups is 1. The standard InChI is InChI=1S/C18H11BrClFN2O4S/c19-11-7-10(20)5-9(16(11)25)6-14-17(26)23(18(27)28-14)8-15(24)22-13-4-2-1-3-12(13)21/h1-7,25H,8H2,(H,22,24)/b14-6+. The van der Waals surface area contributed by atoms with Crippen LogP contribution in [0, 0.1) is 5.82 Å². The summed E-state index contributed by atoms with van der Waals surface area (Å²) in [6.45, 7) is -0.568. The van der Waals surface area contributed by atoms with Crippen LogP contribution in [-0.4, -0.2) is 33.6 Å². The minimum absolute atomic E-state index is 0.0214. The zero-order valence-electron chi connectivity index (χ0n) is 13.9. The molecule has 0 atom stereocenters. The Morgan fingerprint density at radius 2 is 2.04 bits per heavy atom. The number of anilines is 1. The molecule has 0 aromatic heterocycles. The highest BCUT2D eigenvalue weighted by Gasteiger charge is 2.36. The molecule has 1 aliphatic heterocycles. The third kappa shape index (κ3) is 4.37. The summed E-state index contributed by atoms with van der Waals surface area (Å²) in [4.78, 5) is 37.5. The van der Waals surface area contributed by atoms with Crippen molar-refractivity contribution in [2.45, 2.75) is 0 Å². The average molecular weight is 486 g/mol. The minimum Gasteiger partial charge on any atom is -0.506 e. The maximum absolute atomic E-state index is 13.6. The number of hydrogen-bond acceptors (Lipinski definition) is 5. The number of nitrogens with one attached hydrogen (secondary N) is 1. The molecule has 6 nitrogen and oxygen atoms in total. The summed E-state index contributed by atoms with van der Waals surface area (Å²) in [7, 11) is 0. The number of imide groups is 1. The molecule has 0 bridgehead atoms. The lowest BCUT2D eigenvalue weighted by Crippen LogP contribution is -2.36. The second-order valence-electron chi connectivity index (χ2n) is 5.62. The van der Waals surface area contributed by atoms with Gasteiger partial charge in [0, 0.05) is 10.6 Å². The van der Waals surface area contributed by atoms with Crippen molar-refractivity contribution in [1.29, 1.82) is 0 Å². The molecule has 0 saturated carbocycles. The normalized spacial score (nSPS) is 15.4. The molecule has 2 aromatic carbocycles. The number of halogens is 3. The van der Waals surface area contributed by atoms with E-state index in [2.05, 4.69) is 21.2 Å². The lowest BCUT2D eigenvalue weighted by molar-refractivity contribution is -0.127. The Morgan fingerprint density at radius 1 is 1.32 bits per heavy atom. The third-order valence-corrected chi connectivity index (χ3v) is 5.40. The van der Waals surface area contributed by atoms with Gasteiger partial charge in [-0.15, -0.1) is 0 Å². The van der Waals surface area contributed by atoms with Gasteiger partial charge in [-0.1, -0.05) is 23.7 Å². The first-order valence-corrected chi connectivity index (χ1v) is 9.73. The summed E-state index contributed by atoms with van der Waals surface area (Å²) >= 11 is 9.70. The third-order valence-electron chi connectivity index (χ3n) is 3.67. The molecule has 2 N–H and O–H groups in total. The number of phenolic OH excluding ortho intramolecular Hbond substituents is 1. The Hall–Kier alpha value is -2.36. The van der Waals surface area contributed by atoms with Crippen molar-refractivity contribution >= 4 is 68.1 Å². The molecule has 10 heteroatoms. The lowest BCUT2D eigenvalue weighted by Gasteiger charge is -2.12. The van der Waals surface area contributed by atoms with Gasteiger partial charge in [0.2, 0.25) is 5.91 Å². The summed E-state index contributed by atoms with van der Waals surface area (Å²) < 4.78 is 13.9. The summed E-state index contributed by atoms with van der Waals surface area (Å²) in [5.74, 6) is -2.20. The quantitative estimate of drug-likeness (QED) is 0.617. The average Bonchev–Trinajstić information content (AvgIpc) is 2.88. The fourth-order valence-corrected chi connectivity index (χ4v) is 4.03. The van der Waals surface area contributed by atoms with E-state index in [1.807, 2.05) is 0 Å². The van der Waals surface area contributed by atoms with Gasteiger partial charge in [0.15, 0.2) is 0 Å². The van der Waals surface area contributed by atoms with Crippen LogP contribution in [0.1, 0.15) is 5.56 Å². The molecule has 1 heterocycles. The molecule has 3 amide bonds. The molecule has 1 saturated heterocycles. The number of para-hydroxylation sites is 1. The van der Waals surface area contributed by atoms with E-state index >= 15 is 0 Å². The van der Waals surface area contributed by atoms with Gasteiger partial charge >= 0.3 is 0 Å². The summed E-state index contributed by atoms with van der Waals surface area (Å²) in [6, 6.07) is 8.45. The van der Waals surface area contributed by atoms with Gasteiger partial charge in [-0.05, 0) is 58.0 Å². The van der Waals surface area contributed by atoms with Crippen molar-refractivity contribution in [3.05, 3.63) is 62.2 Å². The second kappa shape index (κ2) is 8.34. The van der Waals surface area contributed by atoms with Crippen LogP contribution in [0.3, 0.4) is 0 Å². The van der Waals surface area contributed by atoms with Crippen molar-refractivity contribution in [3.63, 3.8) is 0 Å². The van der Waals surface area contributed by atoms with Crippen molar-refractivity contribution in [2.24, 2.45) is 0 Å². The van der Waals surface area contributed by atoms with E-state index in [0.717, 1.165) is 4.90 Å². The number of hydrogen-bond donors (Lipinski definition) is 2. The maximum Gasteiger partial charge on any atom is 0.294 e. The lowest BCUT2D eigenvalue weighted by atomic mass is 10.2. The molecule has 3 rings (SSSR count). The van der Waals surface area contributed by atoms with Gasteiger partial charge in [-0.3, -0.25) is 19.3 Å². The van der Waals surface area contributed by atoms with E-state index in [1.54, 1.807) is 0 Å². The molecular formula is C18H11BrClFN2O4S. The Balaban J connectivity index is 1.77. The van der Waals surface area contributed by atoms with E-state index in [9.17, 15) is 23.9 Å². The Bertz CT molecular complexity index is 1030. The van der Waals surface area contributed by atoms with Crippen molar-refractivity contribution in [2.75, 3.05) is 11.9 Å². The molecule has 0 spiro atoms. The maximum atomic E-state index is 13.6.